The summed E-state index contributed by atoms with van der Waals surface area (Å²) in [5, 5.41) is 17.9. The topological polar surface area (TPSA) is 105 Å². The second-order valence-electron chi connectivity index (χ2n) is 7.84. The number of aromatic nitrogens is 3. The Morgan fingerprint density at radius 3 is 2.71 bits per heavy atom. The minimum atomic E-state index is -0.248. The quantitative estimate of drug-likeness (QED) is 0.385. The maximum absolute atomic E-state index is 12.7. The Labute approximate surface area is 201 Å². The molecular formula is C25H24ClN5O3. The van der Waals surface area contributed by atoms with Crippen LogP contribution in [0, 0.1) is 25.2 Å². The smallest absolute Gasteiger partial charge is 0.253 e. The minimum absolute atomic E-state index is 0.248. The highest BCUT2D eigenvalue weighted by Gasteiger charge is 2.12. The lowest BCUT2D eigenvalue weighted by Gasteiger charge is -2.12. The van der Waals surface area contributed by atoms with Crippen molar-refractivity contribution in [1.29, 1.82) is 5.26 Å². The SMILES string of the molecule is COc1cc(NCc2cc3ccc(OCCn4nc(C)cc4C)c(Cl)c3[nH]c2=O)ccc1C#N. The van der Waals surface area contributed by atoms with Gasteiger partial charge in [0.2, 0.25) is 0 Å². The summed E-state index contributed by atoms with van der Waals surface area (Å²) in [6.45, 7) is 5.23. The summed E-state index contributed by atoms with van der Waals surface area (Å²) >= 11 is 6.54. The molecule has 0 atom stereocenters. The minimum Gasteiger partial charge on any atom is -0.495 e. The first-order valence-corrected chi connectivity index (χ1v) is 11.1. The lowest BCUT2D eigenvalue weighted by molar-refractivity contribution is 0.290. The normalized spacial score (nSPS) is 10.8. The van der Waals surface area contributed by atoms with Crippen molar-refractivity contribution < 1.29 is 9.47 Å². The highest BCUT2D eigenvalue weighted by molar-refractivity contribution is 6.36. The molecule has 0 saturated carbocycles. The van der Waals surface area contributed by atoms with Crippen LogP contribution in [0.4, 0.5) is 5.69 Å². The van der Waals surface area contributed by atoms with Gasteiger partial charge < -0.3 is 19.8 Å². The van der Waals surface area contributed by atoms with Crippen LogP contribution >= 0.6 is 11.6 Å². The van der Waals surface area contributed by atoms with Gasteiger partial charge in [0.05, 0.1) is 30.4 Å². The average Bonchev–Trinajstić information content (AvgIpc) is 3.16. The van der Waals surface area contributed by atoms with E-state index >= 15 is 0 Å². The van der Waals surface area contributed by atoms with Crippen LogP contribution in [-0.2, 0) is 13.1 Å². The molecule has 0 saturated heterocycles. The molecule has 2 N–H and O–H groups in total. The van der Waals surface area contributed by atoms with Gasteiger partial charge in [0.1, 0.15) is 29.2 Å². The number of anilines is 1. The van der Waals surface area contributed by atoms with E-state index in [0.29, 0.717) is 52.9 Å². The van der Waals surface area contributed by atoms with Crippen LogP contribution in [0.5, 0.6) is 11.5 Å². The molecule has 2 aromatic carbocycles. The Kier molecular flexibility index (Phi) is 6.75. The van der Waals surface area contributed by atoms with Gasteiger partial charge in [0, 0.05) is 34.9 Å². The number of rotatable bonds is 8. The van der Waals surface area contributed by atoms with Crippen LogP contribution in [0.25, 0.3) is 10.9 Å². The Hall–Kier alpha value is -3.96. The summed E-state index contributed by atoms with van der Waals surface area (Å²) in [6.07, 6.45) is 0. The standard InChI is InChI=1S/C25H24ClN5O3/c1-15-10-16(2)31(30-15)8-9-34-21-7-5-17-11-19(25(32)29-24(17)23(21)26)14-28-20-6-4-18(13-27)22(12-20)33-3/h4-7,10-12,28H,8-9,14H2,1-3H3,(H,29,32). The number of nitrogens with one attached hydrogen (secondary N) is 2. The van der Waals surface area contributed by atoms with Crippen LogP contribution in [0.1, 0.15) is 22.5 Å². The molecule has 0 unspecified atom stereocenters. The highest BCUT2D eigenvalue weighted by atomic mass is 35.5. The zero-order valence-corrected chi connectivity index (χ0v) is 19.9. The number of pyridine rings is 1. The van der Waals surface area contributed by atoms with Crippen LogP contribution in [0.15, 0.2) is 47.3 Å². The second-order valence-corrected chi connectivity index (χ2v) is 8.22. The van der Waals surface area contributed by atoms with Crippen molar-refractivity contribution in [2.75, 3.05) is 19.0 Å². The van der Waals surface area contributed by atoms with E-state index in [2.05, 4.69) is 21.5 Å². The van der Waals surface area contributed by atoms with Crippen molar-refractivity contribution in [2.45, 2.75) is 26.9 Å². The lowest BCUT2D eigenvalue weighted by atomic mass is 10.1. The molecule has 0 bridgehead atoms. The first-order chi connectivity index (χ1) is 16.4. The van der Waals surface area contributed by atoms with Gasteiger partial charge in [-0.05, 0) is 50.2 Å². The molecule has 0 spiro atoms. The molecular weight excluding hydrogens is 454 g/mol. The van der Waals surface area contributed by atoms with Gasteiger partial charge in [-0.25, -0.2) is 0 Å². The van der Waals surface area contributed by atoms with E-state index in [-0.39, 0.29) is 5.56 Å². The third kappa shape index (κ3) is 4.85. The summed E-state index contributed by atoms with van der Waals surface area (Å²) in [4.78, 5) is 15.6. The van der Waals surface area contributed by atoms with E-state index < -0.39 is 0 Å². The molecule has 9 heteroatoms. The van der Waals surface area contributed by atoms with Crippen molar-refractivity contribution >= 4 is 28.2 Å². The van der Waals surface area contributed by atoms with E-state index in [4.69, 9.17) is 26.3 Å². The van der Waals surface area contributed by atoms with E-state index in [9.17, 15) is 4.79 Å². The number of H-pyrrole nitrogens is 1. The number of ether oxygens (including phenoxy) is 2. The van der Waals surface area contributed by atoms with Crippen LogP contribution < -0.4 is 20.3 Å². The predicted octanol–water partition coefficient (Wildman–Crippen LogP) is 4.57. The number of halogens is 1. The number of nitrogens with zero attached hydrogens (tertiary/aromatic N) is 3. The summed E-state index contributed by atoms with van der Waals surface area (Å²) in [7, 11) is 1.51. The summed E-state index contributed by atoms with van der Waals surface area (Å²) < 4.78 is 13.0. The molecule has 0 amide bonds. The fraction of sp³-hybridized carbons (Fsp3) is 0.240. The number of hydrogen-bond donors (Lipinski definition) is 2. The van der Waals surface area contributed by atoms with E-state index in [1.807, 2.05) is 30.7 Å². The van der Waals surface area contributed by atoms with Gasteiger partial charge in [0.15, 0.2) is 0 Å². The molecule has 0 aliphatic heterocycles. The van der Waals surface area contributed by atoms with E-state index in [1.54, 1.807) is 30.3 Å². The largest absolute Gasteiger partial charge is 0.495 e. The number of fused-ring (bicyclic) bond motifs is 1. The van der Waals surface area contributed by atoms with Crippen molar-refractivity contribution in [3.8, 4) is 17.6 Å². The Balaban J connectivity index is 1.48. The first kappa shape index (κ1) is 23.2. The lowest BCUT2D eigenvalue weighted by Crippen LogP contribution is -2.16. The van der Waals surface area contributed by atoms with Gasteiger partial charge >= 0.3 is 0 Å². The molecule has 0 aliphatic carbocycles. The second kappa shape index (κ2) is 9.89. The molecule has 4 aromatic rings. The van der Waals surface area contributed by atoms with Gasteiger partial charge in [-0.1, -0.05) is 11.6 Å². The fourth-order valence-corrected chi connectivity index (χ4v) is 4.02. The molecule has 0 radical (unpaired) electrons. The number of methoxy groups -OCH3 is 1. The number of hydrogen-bond acceptors (Lipinski definition) is 6. The molecule has 0 aliphatic rings. The van der Waals surface area contributed by atoms with Crippen molar-refractivity contribution in [2.24, 2.45) is 0 Å². The summed E-state index contributed by atoms with van der Waals surface area (Å²) in [6, 6.07) is 14.7. The highest BCUT2D eigenvalue weighted by Crippen LogP contribution is 2.31. The molecule has 174 valence electrons. The van der Waals surface area contributed by atoms with Gasteiger partial charge in [0.25, 0.3) is 5.56 Å². The number of benzene rings is 2. The Bertz CT molecular complexity index is 1450. The molecule has 0 fully saturated rings. The van der Waals surface area contributed by atoms with Crippen molar-refractivity contribution in [3.63, 3.8) is 0 Å². The van der Waals surface area contributed by atoms with E-state index in [1.165, 1.54) is 7.11 Å². The third-order valence-electron chi connectivity index (χ3n) is 5.47. The zero-order chi connectivity index (χ0) is 24.2. The van der Waals surface area contributed by atoms with Gasteiger partial charge in [-0.3, -0.25) is 9.48 Å². The monoisotopic (exact) mass is 477 g/mol. The number of nitriles is 1. The maximum Gasteiger partial charge on any atom is 0.253 e. The Morgan fingerprint density at radius 1 is 1.18 bits per heavy atom. The molecule has 8 nitrogen and oxygen atoms in total. The van der Waals surface area contributed by atoms with Crippen molar-refractivity contribution in [1.82, 2.24) is 14.8 Å². The average molecular weight is 478 g/mol. The van der Waals surface area contributed by atoms with Gasteiger partial charge in [-0.15, -0.1) is 0 Å². The predicted molar refractivity (Wildman–Crippen MR) is 132 cm³/mol. The van der Waals surface area contributed by atoms with Crippen LogP contribution in [0.2, 0.25) is 5.02 Å². The molecule has 34 heavy (non-hydrogen) atoms. The molecule has 2 heterocycles. The summed E-state index contributed by atoms with van der Waals surface area (Å²) in [5.74, 6) is 0.971. The maximum atomic E-state index is 12.7. The van der Waals surface area contributed by atoms with Gasteiger partial charge in [-0.2, -0.15) is 10.4 Å². The van der Waals surface area contributed by atoms with E-state index in [0.717, 1.165) is 22.5 Å². The molecule has 4 rings (SSSR count). The molecule has 2 aromatic heterocycles. The van der Waals surface area contributed by atoms with Crippen molar-refractivity contribution in [3.05, 3.63) is 80.4 Å². The zero-order valence-electron chi connectivity index (χ0n) is 19.1. The number of aromatic amines is 1. The summed E-state index contributed by atoms with van der Waals surface area (Å²) in [5.41, 5.74) is 4.03. The number of aryl methyl sites for hydroxylation is 2. The fourth-order valence-electron chi connectivity index (χ4n) is 3.74. The third-order valence-corrected chi connectivity index (χ3v) is 5.84. The van der Waals surface area contributed by atoms with Crippen LogP contribution in [0.3, 0.4) is 0 Å². The Morgan fingerprint density at radius 2 is 2.00 bits per heavy atom. The first-order valence-electron chi connectivity index (χ1n) is 10.7. The van der Waals surface area contributed by atoms with Crippen LogP contribution in [-0.4, -0.2) is 28.5 Å².